The summed E-state index contributed by atoms with van der Waals surface area (Å²) in [5.74, 6) is -0.163. The fourth-order valence-electron chi connectivity index (χ4n) is 3.14. The Hall–Kier alpha value is -1.70. The van der Waals surface area contributed by atoms with E-state index in [2.05, 4.69) is 12.2 Å². The normalized spacial score (nSPS) is 15.8. The highest BCUT2D eigenvalue weighted by molar-refractivity contribution is 7.89. The maximum absolute atomic E-state index is 12.7. The molecule has 2 aromatic rings. The first-order chi connectivity index (χ1) is 12.4. The lowest BCUT2D eigenvalue weighted by Gasteiger charge is -2.25. The summed E-state index contributed by atoms with van der Waals surface area (Å²) in [5.41, 5.74) is 1.78. The Bertz CT molecular complexity index is 880. The maximum Gasteiger partial charge on any atom is 0.265 e. The summed E-state index contributed by atoms with van der Waals surface area (Å²) < 4.78 is 26.9. The third-order valence-electron chi connectivity index (χ3n) is 4.69. The van der Waals surface area contributed by atoms with E-state index in [1.165, 1.54) is 16.9 Å². The number of hydrogen-bond donors (Lipinski definition) is 1. The Morgan fingerprint density at radius 1 is 1.15 bits per heavy atom. The molecule has 1 aromatic heterocycles. The van der Waals surface area contributed by atoms with Gasteiger partial charge in [0.1, 0.15) is 0 Å². The summed E-state index contributed by atoms with van der Waals surface area (Å²) in [7, 11) is -3.44. The zero-order chi connectivity index (χ0) is 18.7. The van der Waals surface area contributed by atoms with Crippen molar-refractivity contribution < 1.29 is 13.2 Å². The van der Waals surface area contributed by atoms with Gasteiger partial charge in [-0.25, -0.2) is 8.42 Å². The van der Waals surface area contributed by atoms with Gasteiger partial charge in [0.05, 0.1) is 9.77 Å². The van der Waals surface area contributed by atoms with Crippen molar-refractivity contribution in [3.8, 4) is 0 Å². The van der Waals surface area contributed by atoms with Crippen molar-refractivity contribution in [2.24, 2.45) is 0 Å². The van der Waals surface area contributed by atoms with Crippen LogP contribution in [0.15, 0.2) is 35.2 Å². The van der Waals surface area contributed by atoms with E-state index in [1.54, 1.807) is 28.6 Å². The molecular formula is C19H24N2O3S2. The van der Waals surface area contributed by atoms with Gasteiger partial charge in [0.2, 0.25) is 10.0 Å². The van der Waals surface area contributed by atoms with Gasteiger partial charge in [-0.1, -0.05) is 13.3 Å². The molecule has 0 atom stereocenters. The first-order valence-corrected chi connectivity index (χ1v) is 11.2. The van der Waals surface area contributed by atoms with Gasteiger partial charge in [0.15, 0.2) is 0 Å². The van der Waals surface area contributed by atoms with Gasteiger partial charge in [-0.2, -0.15) is 4.31 Å². The van der Waals surface area contributed by atoms with Crippen LogP contribution in [-0.2, 0) is 16.4 Å². The number of aryl methyl sites for hydroxylation is 2. The molecule has 140 valence electrons. The Balaban J connectivity index is 1.71. The standard InChI is InChI=1S/C19H24N2O3S2/c1-3-15-13-18(25-14(15)2)19(22)20-16-7-9-17(10-8-16)26(23,24)21-11-5-4-6-12-21/h7-10,13H,3-6,11-12H2,1-2H3,(H,20,22). The molecule has 0 spiro atoms. The number of amides is 1. The fraction of sp³-hybridized carbons (Fsp3) is 0.421. The zero-order valence-electron chi connectivity index (χ0n) is 15.1. The highest BCUT2D eigenvalue weighted by Crippen LogP contribution is 2.25. The fourth-order valence-corrected chi connectivity index (χ4v) is 5.67. The van der Waals surface area contributed by atoms with Gasteiger partial charge < -0.3 is 5.32 Å². The summed E-state index contributed by atoms with van der Waals surface area (Å²) in [6, 6.07) is 8.35. The SMILES string of the molecule is CCc1cc(C(=O)Nc2ccc(S(=O)(=O)N3CCCCC3)cc2)sc1C. The van der Waals surface area contributed by atoms with E-state index in [0.29, 0.717) is 23.7 Å². The Kier molecular flexibility index (Phi) is 5.79. The van der Waals surface area contributed by atoms with Crippen LogP contribution in [0, 0.1) is 6.92 Å². The predicted molar refractivity (Wildman–Crippen MR) is 105 cm³/mol. The van der Waals surface area contributed by atoms with Crippen molar-refractivity contribution in [2.75, 3.05) is 18.4 Å². The van der Waals surface area contributed by atoms with Crippen LogP contribution in [0.4, 0.5) is 5.69 Å². The first-order valence-electron chi connectivity index (χ1n) is 8.92. The molecule has 0 radical (unpaired) electrons. The molecule has 7 heteroatoms. The molecule has 0 aliphatic carbocycles. The van der Waals surface area contributed by atoms with Crippen LogP contribution in [0.5, 0.6) is 0 Å². The summed E-state index contributed by atoms with van der Waals surface area (Å²) >= 11 is 1.48. The summed E-state index contributed by atoms with van der Waals surface area (Å²) in [4.78, 5) is 14.5. The second-order valence-corrected chi connectivity index (χ2v) is 9.68. The topological polar surface area (TPSA) is 66.5 Å². The molecule has 26 heavy (non-hydrogen) atoms. The highest BCUT2D eigenvalue weighted by atomic mass is 32.2. The minimum Gasteiger partial charge on any atom is -0.321 e. The van der Waals surface area contributed by atoms with E-state index in [1.807, 2.05) is 13.0 Å². The van der Waals surface area contributed by atoms with Gasteiger partial charge in [0.25, 0.3) is 5.91 Å². The molecule has 0 saturated carbocycles. The number of thiophene rings is 1. The monoisotopic (exact) mass is 392 g/mol. The molecular weight excluding hydrogens is 368 g/mol. The lowest BCUT2D eigenvalue weighted by atomic mass is 10.2. The molecule has 1 saturated heterocycles. The van der Waals surface area contributed by atoms with Crippen LogP contribution < -0.4 is 5.32 Å². The molecule has 1 amide bonds. The molecule has 3 rings (SSSR count). The number of anilines is 1. The van der Waals surface area contributed by atoms with Crippen molar-refractivity contribution in [2.45, 2.75) is 44.4 Å². The van der Waals surface area contributed by atoms with Crippen LogP contribution in [0.25, 0.3) is 0 Å². The van der Waals surface area contributed by atoms with Crippen molar-refractivity contribution >= 4 is 33.0 Å². The van der Waals surface area contributed by atoms with Crippen molar-refractivity contribution in [3.05, 3.63) is 45.6 Å². The number of carbonyl (C=O) groups is 1. The van der Waals surface area contributed by atoms with Crippen molar-refractivity contribution in [3.63, 3.8) is 0 Å². The van der Waals surface area contributed by atoms with Crippen molar-refractivity contribution in [1.82, 2.24) is 4.31 Å². The maximum atomic E-state index is 12.7. The van der Waals surface area contributed by atoms with Crippen molar-refractivity contribution in [1.29, 1.82) is 0 Å². The highest BCUT2D eigenvalue weighted by Gasteiger charge is 2.25. The number of hydrogen-bond acceptors (Lipinski definition) is 4. The van der Waals surface area contributed by atoms with Crippen LogP contribution in [-0.4, -0.2) is 31.7 Å². The number of nitrogens with one attached hydrogen (secondary N) is 1. The third-order valence-corrected chi connectivity index (χ3v) is 7.69. The van der Waals surface area contributed by atoms with Gasteiger partial charge in [-0.15, -0.1) is 11.3 Å². The summed E-state index contributed by atoms with van der Waals surface area (Å²) in [6.07, 6.45) is 3.80. The van der Waals surface area contributed by atoms with Crippen LogP contribution in [0.3, 0.4) is 0 Å². The lowest BCUT2D eigenvalue weighted by molar-refractivity contribution is 0.103. The van der Waals surface area contributed by atoms with Gasteiger partial charge in [-0.05, 0) is 62.1 Å². The molecule has 1 aliphatic heterocycles. The second kappa shape index (κ2) is 7.90. The van der Waals surface area contributed by atoms with Crippen LogP contribution in [0.2, 0.25) is 0 Å². The minimum absolute atomic E-state index is 0.163. The minimum atomic E-state index is -3.44. The molecule has 0 unspecified atom stereocenters. The van der Waals surface area contributed by atoms with E-state index in [0.717, 1.165) is 30.6 Å². The molecule has 2 heterocycles. The number of piperidine rings is 1. The Morgan fingerprint density at radius 2 is 1.81 bits per heavy atom. The predicted octanol–water partition coefficient (Wildman–Crippen LogP) is 4.05. The molecule has 1 fully saturated rings. The number of sulfonamides is 1. The molecule has 1 aromatic carbocycles. The quantitative estimate of drug-likeness (QED) is 0.835. The van der Waals surface area contributed by atoms with E-state index >= 15 is 0 Å². The van der Waals surface area contributed by atoms with Gasteiger partial charge >= 0.3 is 0 Å². The number of nitrogens with zero attached hydrogens (tertiary/aromatic N) is 1. The number of rotatable bonds is 5. The number of benzene rings is 1. The summed E-state index contributed by atoms with van der Waals surface area (Å²) in [5, 5.41) is 2.84. The van der Waals surface area contributed by atoms with E-state index < -0.39 is 10.0 Å². The number of carbonyl (C=O) groups excluding carboxylic acids is 1. The van der Waals surface area contributed by atoms with Gasteiger partial charge in [0, 0.05) is 23.7 Å². The van der Waals surface area contributed by atoms with Crippen LogP contribution >= 0.6 is 11.3 Å². The summed E-state index contributed by atoms with van der Waals surface area (Å²) in [6.45, 7) is 5.25. The average Bonchev–Trinajstić information content (AvgIpc) is 3.04. The van der Waals surface area contributed by atoms with E-state index in [4.69, 9.17) is 0 Å². The second-order valence-electron chi connectivity index (χ2n) is 6.49. The average molecular weight is 393 g/mol. The third kappa shape index (κ3) is 4.00. The van der Waals surface area contributed by atoms with E-state index in [9.17, 15) is 13.2 Å². The zero-order valence-corrected chi connectivity index (χ0v) is 16.8. The first kappa shape index (κ1) is 19.1. The lowest BCUT2D eigenvalue weighted by Crippen LogP contribution is -2.35. The molecule has 1 aliphatic rings. The smallest absolute Gasteiger partial charge is 0.265 e. The van der Waals surface area contributed by atoms with E-state index in [-0.39, 0.29) is 10.8 Å². The largest absolute Gasteiger partial charge is 0.321 e. The molecule has 1 N–H and O–H groups in total. The Morgan fingerprint density at radius 3 is 2.38 bits per heavy atom. The molecule has 5 nitrogen and oxygen atoms in total. The van der Waals surface area contributed by atoms with Gasteiger partial charge in [-0.3, -0.25) is 4.79 Å². The molecule has 0 bridgehead atoms. The van der Waals surface area contributed by atoms with Crippen LogP contribution in [0.1, 0.15) is 46.3 Å². The Labute approximate surface area is 159 Å².